The molecule has 0 aromatic heterocycles. The highest BCUT2D eigenvalue weighted by atomic mass is 16.5. The van der Waals surface area contributed by atoms with E-state index in [1.54, 1.807) is 28.1 Å². The molecular weight excluding hydrogens is 216 g/mol. The van der Waals surface area contributed by atoms with Crippen LogP contribution in [0.25, 0.3) is 0 Å². The second kappa shape index (κ2) is 4.96. The number of aliphatic hydroxyl groups is 1. The fourth-order valence-electron chi connectivity index (χ4n) is 1.77. The maximum atomic E-state index is 10.2. The highest BCUT2D eigenvalue weighted by molar-refractivity contribution is 5.52. The van der Waals surface area contributed by atoms with Crippen LogP contribution in [0, 0.1) is 0 Å². The van der Waals surface area contributed by atoms with Gasteiger partial charge in [-0.2, -0.15) is 0 Å². The third-order valence-corrected chi connectivity index (χ3v) is 2.83. The van der Waals surface area contributed by atoms with Gasteiger partial charge in [-0.05, 0) is 37.5 Å². The van der Waals surface area contributed by atoms with Crippen molar-refractivity contribution >= 4 is 0 Å². The molecule has 3 nitrogen and oxygen atoms in total. The van der Waals surface area contributed by atoms with Crippen molar-refractivity contribution < 1.29 is 14.6 Å². The molecule has 0 aliphatic carbocycles. The van der Waals surface area contributed by atoms with Crippen molar-refractivity contribution in [1.29, 1.82) is 0 Å². The van der Waals surface area contributed by atoms with Gasteiger partial charge >= 0.3 is 0 Å². The minimum atomic E-state index is -0.955. The topological polar surface area (TPSA) is 38.7 Å². The fraction of sp³-hybridized carbons (Fsp3) is 0.571. The Morgan fingerprint density at radius 2 is 1.71 bits per heavy atom. The number of hydrogen-bond donors (Lipinski definition) is 1. The van der Waals surface area contributed by atoms with Crippen molar-refractivity contribution in [2.24, 2.45) is 0 Å². The number of hydrogen-bond acceptors (Lipinski definition) is 3. The highest BCUT2D eigenvalue weighted by Gasteiger charge is 2.25. The lowest BCUT2D eigenvalue weighted by molar-refractivity contribution is 0.0750. The third kappa shape index (κ3) is 2.91. The van der Waals surface area contributed by atoms with Gasteiger partial charge in [0.05, 0.1) is 19.8 Å². The molecule has 3 heteroatoms. The van der Waals surface area contributed by atoms with E-state index in [9.17, 15) is 5.11 Å². The fourth-order valence-corrected chi connectivity index (χ4v) is 1.77. The van der Waals surface area contributed by atoms with Crippen LogP contribution in [0.1, 0.15) is 44.7 Å². The van der Waals surface area contributed by atoms with E-state index in [2.05, 4.69) is 13.8 Å². The Hall–Kier alpha value is -1.22. The van der Waals surface area contributed by atoms with Crippen LogP contribution in [0.4, 0.5) is 0 Å². The van der Waals surface area contributed by atoms with Crippen molar-refractivity contribution in [3.05, 3.63) is 23.3 Å². The number of benzene rings is 1. The van der Waals surface area contributed by atoms with E-state index in [0.29, 0.717) is 17.4 Å². The summed E-state index contributed by atoms with van der Waals surface area (Å²) >= 11 is 0. The molecule has 0 amide bonds. The Labute approximate surface area is 103 Å². The largest absolute Gasteiger partial charge is 0.493 e. The predicted octanol–water partition coefficient (Wildman–Crippen LogP) is 3.05. The van der Waals surface area contributed by atoms with Gasteiger partial charge in [0.1, 0.15) is 0 Å². The average Bonchev–Trinajstić information content (AvgIpc) is 2.25. The molecule has 0 atom stereocenters. The minimum Gasteiger partial charge on any atom is -0.493 e. The van der Waals surface area contributed by atoms with Crippen LogP contribution in [0.5, 0.6) is 11.5 Å². The zero-order chi connectivity index (χ0) is 13.2. The van der Waals surface area contributed by atoms with Crippen molar-refractivity contribution in [3.63, 3.8) is 0 Å². The van der Waals surface area contributed by atoms with E-state index in [1.165, 1.54) is 0 Å². The van der Waals surface area contributed by atoms with Crippen LogP contribution in [0.15, 0.2) is 12.1 Å². The molecule has 0 heterocycles. The molecule has 0 unspecified atom stereocenters. The molecule has 96 valence electrons. The van der Waals surface area contributed by atoms with E-state index in [4.69, 9.17) is 9.47 Å². The summed E-state index contributed by atoms with van der Waals surface area (Å²) in [5.74, 6) is 1.64. The molecule has 1 aromatic carbocycles. The summed E-state index contributed by atoms with van der Waals surface area (Å²) in [7, 11) is 3.19. The van der Waals surface area contributed by atoms with Crippen LogP contribution in [0.2, 0.25) is 0 Å². The monoisotopic (exact) mass is 238 g/mol. The van der Waals surface area contributed by atoms with Gasteiger partial charge in [0.15, 0.2) is 11.5 Å². The SMILES string of the molecule is COc1cc(C(C)C)cc(C(C)(C)O)c1OC. The summed E-state index contributed by atoms with van der Waals surface area (Å²) in [5, 5.41) is 10.2. The van der Waals surface area contributed by atoms with Gasteiger partial charge in [0.25, 0.3) is 0 Å². The van der Waals surface area contributed by atoms with E-state index in [1.807, 2.05) is 12.1 Å². The second-order valence-electron chi connectivity index (χ2n) is 5.02. The lowest BCUT2D eigenvalue weighted by Crippen LogP contribution is -2.18. The Kier molecular flexibility index (Phi) is 4.04. The summed E-state index contributed by atoms with van der Waals surface area (Å²) in [5.41, 5.74) is 0.923. The zero-order valence-corrected chi connectivity index (χ0v) is 11.5. The summed E-state index contributed by atoms with van der Waals surface area (Å²) in [6.07, 6.45) is 0. The molecule has 1 rings (SSSR count). The molecular formula is C14H22O3. The quantitative estimate of drug-likeness (QED) is 0.876. The van der Waals surface area contributed by atoms with Crippen LogP contribution >= 0.6 is 0 Å². The lowest BCUT2D eigenvalue weighted by Gasteiger charge is -2.24. The van der Waals surface area contributed by atoms with E-state index >= 15 is 0 Å². The molecule has 0 aliphatic heterocycles. The summed E-state index contributed by atoms with van der Waals surface area (Å²) < 4.78 is 10.7. The predicted molar refractivity (Wildman–Crippen MR) is 68.9 cm³/mol. The number of rotatable bonds is 4. The number of methoxy groups -OCH3 is 2. The molecule has 1 aromatic rings. The van der Waals surface area contributed by atoms with Crippen LogP contribution < -0.4 is 9.47 Å². The molecule has 0 saturated heterocycles. The molecule has 0 aliphatic rings. The Balaban J connectivity index is 3.48. The molecule has 0 bridgehead atoms. The summed E-state index contributed by atoms with van der Waals surface area (Å²) in [6, 6.07) is 3.94. The molecule has 1 N–H and O–H groups in total. The normalized spacial score (nSPS) is 11.8. The van der Waals surface area contributed by atoms with E-state index in [0.717, 1.165) is 11.1 Å². The molecule has 0 fully saturated rings. The second-order valence-corrected chi connectivity index (χ2v) is 5.02. The van der Waals surface area contributed by atoms with Gasteiger partial charge in [-0.3, -0.25) is 0 Å². The maximum Gasteiger partial charge on any atom is 0.166 e. The van der Waals surface area contributed by atoms with Gasteiger partial charge in [-0.1, -0.05) is 13.8 Å². The maximum absolute atomic E-state index is 10.2. The first kappa shape index (κ1) is 13.8. The van der Waals surface area contributed by atoms with Crippen molar-refractivity contribution in [2.75, 3.05) is 14.2 Å². The first-order valence-corrected chi connectivity index (χ1v) is 5.80. The van der Waals surface area contributed by atoms with E-state index in [-0.39, 0.29) is 0 Å². The Morgan fingerprint density at radius 1 is 1.12 bits per heavy atom. The third-order valence-electron chi connectivity index (χ3n) is 2.83. The molecule has 0 saturated carbocycles. The smallest absolute Gasteiger partial charge is 0.166 e. The number of ether oxygens (including phenoxy) is 2. The van der Waals surface area contributed by atoms with Gasteiger partial charge in [0.2, 0.25) is 0 Å². The van der Waals surface area contributed by atoms with Crippen LogP contribution in [-0.2, 0) is 5.60 Å². The van der Waals surface area contributed by atoms with Crippen LogP contribution in [0.3, 0.4) is 0 Å². The molecule has 0 spiro atoms. The standard InChI is InChI=1S/C14H22O3/c1-9(2)10-7-11(14(3,4)15)13(17-6)12(8-10)16-5/h7-9,15H,1-6H3. The lowest BCUT2D eigenvalue weighted by atomic mass is 9.91. The molecule has 17 heavy (non-hydrogen) atoms. The van der Waals surface area contributed by atoms with E-state index < -0.39 is 5.60 Å². The van der Waals surface area contributed by atoms with Gasteiger partial charge in [-0.25, -0.2) is 0 Å². The highest BCUT2D eigenvalue weighted by Crippen LogP contribution is 2.39. The van der Waals surface area contributed by atoms with Crippen LogP contribution in [-0.4, -0.2) is 19.3 Å². The van der Waals surface area contributed by atoms with Gasteiger partial charge in [-0.15, -0.1) is 0 Å². The minimum absolute atomic E-state index is 0.371. The van der Waals surface area contributed by atoms with Crippen molar-refractivity contribution in [3.8, 4) is 11.5 Å². The first-order valence-electron chi connectivity index (χ1n) is 5.80. The Bertz CT molecular complexity index is 389. The average molecular weight is 238 g/mol. The Morgan fingerprint density at radius 3 is 2.06 bits per heavy atom. The van der Waals surface area contributed by atoms with Crippen molar-refractivity contribution in [1.82, 2.24) is 0 Å². The van der Waals surface area contributed by atoms with Crippen molar-refractivity contribution in [2.45, 2.75) is 39.2 Å². The first-order chi connectivity index (χ1) is 7.81. The summed E-state index contributed by atoms with van der Waals surface area (Å²) in [4.78, 5) is 0. The molecule has 0 radical (unpaired) electrons. The van der Waals surface area contributed by atoms with Gasteiger partial charge in [0, 0.05) is 5.56 Å². The zero-order valence-electron chi connectivity index (χ0n) is 11.5. The summed E-state index contributed by atoms with van der Waals surface area (Å²) in [6.45, 7) is 7.70. The van der Waals surface area contributed by atoms with Gasteiger partial charge < -0.3 is 14.6 Å².